The van der Waals surface area contributed by atoms with Crippen molar-refractivity contribution < 1.29 is 50.6 Å². The Kier molecular flexibility index (Phi) is 32.8. The van der Waals surface area contributed by atoms with Crippen LogP contribution in [0.2, 0.25) is 0 Å². The van der Waals surface area contributed by atoms with Crippen molar-refractivity contribution in [1.82, 2.24) is 0 Å². The highest BCUT2D eigenvalue weighted by Gasteiger charge is 2.04. The van der Waals surface area contributed by atoms with Gasteiger partial charge in [0.2, 0.25) is 0 Å². The zero-order valence-electron chi connectivity index (χ0n) is 25.0. The molecule has 0 aliphatic carbocycles. The molecule has 0 aromatic carbocycles. The summed E-state index contributed by atoms with van der Waals surface area (Å²) in [7, 11) is -4.59. The van der Waals surface area contributed by atoms with Crippen LogP contribution in [0.25, 0.3) is 0 Å². The van der Waals surface area contributed by atoms with Gasteiger partial charge >= 0.3 is 10.4 Å². The number of rotatable bonds is 35. The van der Waals surface area contributed by atoms with Gasteiger partial charge in [0.25, 0.3) is 0 Å². The highest BCUT2D eigenvalue weighted by molar-refractivity contribution is 7.80. The number of hydrogen-bond acceptors (Lipinski definition) is 10. The minimum Gasteiger partial charge on any atom is -0.379 e. The molecule has 0 amide bonds. The molecule has 11 nitrogen and oxygen atoms in total. The maximum Gasteiger partial charge on any atom is 0.424 e. The van der Waals surface area contributed by atoms with Crippen LogP contribution in [0.4, 0.5) is 0 Å². The molecule has 0 aromatic heterocycles. The summed E-state index contributed by atoms with van der Waals surface area (Å²) in [6.45, 7) is 7.84. The average molecular weight is 603 g/mol. The van der Waals surface area contributed by atoms with Gasteiger partial charge in [-0.3, -0.25) is 4.55 Å². The topological polar surface area (TPSA) is 128 Å². The van der Waals surface area contributed by atoms with Gasteiger partial charge in [0.05, 0.1) is 72.7 Å². The average Bonchev–Trinajstić information content (AvgIpc) is 2.92. The van der Waals surface area contributed by atoms with E-state index in [0.29, 0.717) is 66.1 Å². The van der Waals surface area contributed by atoms with E-state index in [2.05, 4.69) is 16.1 Å². The van der Waals surface area contributed by atoms with Crippen molar-refractivity contribution in [2.24, 2.45) is 0 Å². The summed E-state index contributed by atoms with van der Waals surface area (Å²) in [4.78, 5) is 4.22. The van der Waals surface area contributed by atoms with Gasteiger partial charge in [-0.2, -0.15) is 8.42 Å². The molecule has 0 atom stereocenters. The monoisotopic (exact) mass is 602 g/mol. The molecular formula is C28H58O11S. The Hall–Kier alpha value is -0.410. The molecule has 0 heterocycles. The second kappa shape index (κ2) is 33.1. The van der Waals surface area contributed by atoms with E-state index in [9.17, 15) is 8.42 Å². The molecule has 0 unspecified atom stereocenters. The van der Waals surface area contributed by atoms with E-state index in [0.717, 1.165) is 13.0 Å². The molecule has 12 heteroatoms. The van der Waals surface area contributed by atoms with E-state index in [4.69, 9.17) is 33.0 Å². The van der Waals surface area contributed by atoms with Gasteiger partial charge in [-0.15, -0.1) is 0 Å². The van der Waals surface area contributed by atoms with Crippen LogP contribution < -0.4 is 0 Å². The lowest BCUT2D eigenvalue weighted by molar-refractivity contribution is -0.216. The molecule has 0 rings (SSSR count). The van der Waals surface area contributed by atoms with Gasteiger partial charge in [-0.1, -0.05) is 94.7 Å². The smallest absolute Gasteiger partial charge is 0.379 e. The van der Waals surface area contributed by atoms with Crippen LogP contribution in [-0.4, -0.2) is 98.9 Å². The summed E-state index contributed by atoms with van der Waals surface area (Å²) >= 11 is 0. The van der Waals surface area contributed by atoms with Gasteiger partial charge in [0, 0.05) is 6.61 Å². The summed E-state index contributed by atoms with van der Waals surface area (Å²) in [6, 6.07) is 0. The first kappa shape index (κ1) is 39.6. The third-order valence-corrected chi connectivity index (χ3v) is 6.22. The summed E-state index contributed by atoms with van der Waals surface area (Å²) in [5, 5.41) is 0. The molecule has 1 N–H and O–H groups in total. The van der Waals surface area contributed by atoms with Crippen molar-refractivity contribution in [3.05, 3.63) is 0 Å². The normalized spacial score (nSPS) is 11.9. The highest BCUT2D eigenvalue weighted by Crippen LogP contribution is 2.12. The summed E-state index contributed by atoms with van der Waals surface area (Å²) < 4.78 is 64.8. The minimum atomic E-state index is -4.59. The van der Waals surface area contributed by atoms with Crippen LogP contribution in [0.15, 0.2) is 0 Å². The SMILES string of the molecule is CCCCCCCCCCCCCCCCOCCOCCOCCOCCOCCOCCOOS(=O)(=O)O. The molecule has 0 saturated heterocycles. The first-order chi connectivity index (χ1) is 19.6. The third-order valence-electron chi connectivity index (χ3n) is 5.95. The van der Waals surface area contributed by atoms with Gasteiger partial charge in [0.15, 0.2) is 0 Å². The van der Waals surface area contributed by atoms with E-state index < -0.39 is 10.4 Å². The quantitative estimate of drug-likeness (QED) is 0.0438. The van der Waals surface area contributed by atoms with Crippen LogP contribution in [0.1, 0.15) is 96.8 Å². The van der Waals surface area contributed by atoms with E-state index in [1.165, 1.54) is 83.5 Å². The fourth-order valence-electron chi connectivity index (χ4n) is 3.79. The Balaban J connectivity index is 3.05. The lowest BCUT2D eigenvalue weighted by Crippen LogP contribution is -2.15. The molecule has 0 spiro atoms. The van der Waals surface area contributed by atoms with Crippen LogP contribution in [0, 0.1) is 0 Å². The van der Waals surface area contributed by atoms with Crippen molar-refractivity contribution in [2.45, 2.75) is 96.8 Å². The third kappa shape index (κ3) is 37.6. The van der Waals surface area contributed by atoms with Crippen molar-refractivity contribution in [2.75, 3.05) is 85.9 Å². The predicted octanol–water partition coefficient (Wildman–Crippen LogP) is 5.32. The second-order valence-corrected chi connectivity index (χ2v) is 10.6. The fourth-order valence-corrected chi connectivity index (χ4v) is 3.98. The number of hydrogen-bond donors (Lipinski definition) is 1. The van der Waals surface area contributed by atoms with Crippen LogP contribution in [-0.2, 0) is 48.0 Å². The van der Waals surface area contributed by atoms with E-state index in [1.807, 2.05) is 0 Å². The zero-order chi connectivity index (χ0) is 29.2. The largest absolute Gasteiger partial charge is 0.424 e. The van der Waals surface area contributed by atoms with E-state index >= 15 is 0 Å². The molecule has 0 aliphatic rings. The Bertz CT molecular complexity index is 579. The molecule has 0 bridgehead atoms. The predicted molar refractivity (Wildman–Crippen MR) is 154 cm³/mol. The maximum absolute atomic E-state index is 10.2. The van der Waals surface area contributed by atoms with E-state index in [-0.39, 0.29) is 13.2 Å². The first-order valence-corrected chi connectivity index (χ1v) is 16.7. The molecule has 40 heavy (non-hydrogen) atoms. The number of unbranched alkanes of at least 4 members (excludes halogenated alkanes) is 13. The molecule has 0 fully saturated rings. The van der Waals surface area contributed by atoms with E-state index in [1.54, 1.807) is 0 Å². The first-order valence-electron chi connectivity index (χ1n) is 15.3. The van der Waals surface area contributed by atoms with Crippen LogP contribution in [0.5, 0.6) is 0 Å². The fraction of sp³-hybridized carbons (Fsp3) is 1.00. The lowest BCUT2D eigenvalue weighted by Gasteiger charge is -2.08. The standard InChI is InChI=1S/C28H58O11S/c1-2-3-4-5-6-7-8-9-10-11-12-13-14-15-16-32-17-18-33-19-20-34-21-22-35-23-24-36-25-26-37-27-28-38-39-40(29,30)31/h2-28H2,1H3,(H,29,30,31). The van der Waals surface area contributed by atoms with Crippen molar-refractivity contribution in [1.29, 1.82) is 0 Å². The highest BCUT2D eigenvalue weighted by atomic mass is 32.3. The molecular weight excluding hydrogens is 544 g/mol. The zero-order valence-corrected chi connectivity index (χ0v) is 25.8. The molecule has 0 aromatic rings. The molecule has 0 radical (unpaired) electrons. The Morgan fingerprint density at radius 3 is 1.00 bits per heavy atom. The molecule has 0 aliphatic heterocycles. The Morgan fingerprint density at radius 1 is 0.400 bits per heavy atom. The van der Waals surface area contributed by atoms with Gasteiger partial charge in [-0.25, -0.2) is 4.89 Å². The van der Waals surface area contributed by atoms with Crippen molar-refractivity contribution >= 4 is 10.4 Å². The van der Waals surface area contributed by atoms with Gasteiger partial charge in [-0.05, 0) is 6.42 Å². The summed E-state index contributed by atoms with van der Waals surface area (Å²) in [5.74, 6) is 0. The maximum atomic E-state index is 10.2. The number of ether oxygens (including phenoxy) is 6. The van der Waals surface area contributed by atoms with Crippen LogP contribution in [0.3, 0.4) is 0 Å². The van der Waals surface area contributed by atoms with Crippen molar-refractivity contribution in [3.8, 4) is 0 Å². The van der Waals surface area contributed by atoms with Crippen LogP contribution >= 0.6 is 0 Å². The van der Waals surface area contributed by atoms with Crippen molar-refractivity contribution in [3.63, 3.8) is 0 Å². The van der Waals surface area contributed by atoms with Gasteiger partial charge < -0.3 is 28.4 Å². The Morgan fingerprint density at radius 2 is 0.675 bits per heavy atom. The molecule has 0 saturated carbocycles. The van der Waals surface area contributed by atoms with Gasteiger partial charge in [0.1, 0.15) is 6.61 Å². The second-order valence-electron chi connectivity index (χ2n) is 9.59. The summed E-state index contributed by atoms with van der Waals surface area (Å²) in [6.07, 6.45) is 19.1. The Labute approximate surface area is 243 Å². The molecule has 242 valence electrons. The minimum absolute atomic E-state index is 0.100. The lowest BCUT2D eigenvalue weighted by atomic mass is 10.0. The summed E-state index contributed by atoms with van der Waals surface area (Å²) in [5.41, 5.74) is 0.